The molecule has 3 saturated heterocycles. The molecule has 4 heterocycles. The van der Waals surface area contributed by atoms with Gasteiger partial charge in [0, 0.05) is 110 Å². The van der Waals surface area contributed by atoms with E-state index in [0.29, 0.717) is 22.3 Å². The number of amides is 2. The highest BCUT2D eigenvalue weighted by Crippen LogP contribution is 2.50. The van der Waals surface area contributed by atoms with Crippen LogP contribution in [0.3, 0.4) is 0 Å². The van der Waals surface area contributed by atoms with Crippen LogP contribution in [0.1, 0.15) is 60.5 Å². The highest BCUT2D eigenvalue weighted by Gasteiger charge is 2.51. The van der Waals surface area contributed by atoms with Gasteiger partial charge in [0.1, 0.15) is 5.75 Å². The summed E-state index contributed by atoms with van der Waals surface area (Å²) < 4.78 is 12.0. The number of likely N-dealkylation sites (tertiary alicyclic amines) is 1. The van der Waals surface area contributed by atoms with Crippen LogP contribution in [-0.4, -0.2) is 91.5 Å². The van der Waals surface area contributed by atoms with Crippen molar-refractivity contribution in [2.75, 3.05) is 60.0 Å². The lowest BCUT2D eigenvalue weighted by Gasteiger charge is -2.50. The van der Waals surface area contributed by atoms with Crippen molar-refractivity contribution in [3.05, 3.63) is 86.9 Å². The summed E-state index contributed by atoms with van der Waals surface area (Å²) in [6, 6.07) is 19.2. The van der Waals surface area contributed by atoms with Crippen molar-refractivity contribution in [1.29, 1.82) is 0 Å². The molecule has 2 amide bonds. The zero-order valence-corrected chi connectivity index (χ0v) is 32.5. The Morgan fingerprint density at radius 1 is 0.815 bits per heavy atom. The quantitative estimate of drug-likeness (QED) is 0.210. The van der Waals surface area contributed by atoms with Gasteiger partial charge in [-0.1, -0.05) is 65.7 Å². The van der Waals surface area contributed by atoms with E-state index >= 15 is 0 Å². The van der Waals surface area contributed by atoms with Crippen molar-refractivity contribution in [2.24, 2.45) is 5.41 Å². The molecule has 11 heteroatoms. The zero-order chi connectivity index (χ0) is 37.3. The molecule has 2 aliphatic carbocycles. The second kappa shape index (κ2) is 13.9. The Bertz CT molecular complexity index is 2180. The van der Waals surface area contributed by atoms with Crippen molar-refractivity contribution in [3.8, 4) is 45.1 Å². The number of aryl methyl sites for hydroxylation is 2. The predicted molar refractivity (Wildman–Crippen MR) is 211 cm³/mol. The standard InChI is InChI=1S/C43H45Cl2N5O4/c1-25(51)48-14-16-49(17-15-48)34-12-10-26-18-28(20-36(53-2)38(26)34)29-6-4-7-30(40(29)44)31-8-5-9-32(41(31)45)33-19-27-11-13-35(39(27)42(47-33)54-3)50-23-43(24-50)21-37(52)46-22-43/h4-9,18-20,34-35H,10-17,21-24H2,1-3H3,(H,46,52). The van der Waals surface area contributed by atoms with E-state index in [-0.39, 0.29) is 29.3 Å². The number of fused-ring (bicyclic) bond motifs is 2. The summed E-state index contributed by atoms with van der Waals surface area (Å²) in [5.41, 5.74) is 10.2. The number of carbonyl (C=O) groups is 2. The van der Waals surface area contributed by atoms with Crippen LogP contribution >= 0.6 is 23.2 Å². The van der Waals surface area contributed by atoms with Crippen LogP contribution in [-0.2, 0) is 22.4 Å². The van der Waals surface area contributed by atoms with E-state index in [1.165, 1.54) is 16.7 Å². The molecule has 9 rings (SSSR count). The summed E-state index contributed by atoms with van der Waals surface area (Å²) in [7, 11) is 3.43. The van der Waals surface area contributed by atoms with Gasteiger partial charge in [0.15, 0.2) is 0 Å². The van der Waals surface area contributed by atoms with Crippen LogP contribution in [0, 0.1) is 5.41 Å². The van der Waals surface area contributed by atoms with Gasteiger partial charge in [-0.15, -0.1) is 0 Å². The maximum Gasteiger partial charge on any atom is 0.220 e. The van der Waals surface area contributed by atoms with E-state index in [9.17, 15) is 9.59 Å². The second-order valence-corrected chi connectivity index (χ2v) is 16.4. The number of aromatic nitrogens is 1. The van der Waals surface area contributed by atoms with E-state index in [4.69, 9.17) is 37.7 Å². The first-order valence-corrected chi connectivity index (χ1v) is 19.8. The number of carbonyl (C=O) groups excluding carboxylic acids is 2. The summed E-state index contributed by atoms with van der Waals surface area (Å²) in [5, 5.41) is 4.23. The molecule has 1 spiro atoms. The van der Waals surface area contributed by atoms with Crippen LogP contribution in [0.25, 0.3) is 33.5 Å². The highest BCUT2D eigenvalue weighted by molar-refractivity contribution is 6.39. The lowest BCUT2D eigenvalue weighted by molar-refractivity contribution is -0.131. The van der Waals surface area contributed by atoms with Crippen molar-refractivity contribution in [2.45, 2.75) is 51.1 Å². The van der Waals surface area contributed by atoms with Crippen LogP contribution in [0.4, 0.5) is 0 Å². The number of hydrogen-bond donors (Lipinski definition) is 1. The van der Waals surface area contributed by atoms with E-state index in [2.05, 4.69) is 39.4 Å². The summed E-state index contributed by atoms with van der Waals surface area (Å²) in [6.07, 6.45) is 4.52. The van der Waals surface area contributed by atoms with Crippen molar-refractivity contribution < 1.29 is 19.1 Å². The number of nitrogens with zero attached hydrogens (tertiary/aromatic N) is 4. The molecule has 2 atom stereocenters. The maximum atomic E-state index is 11.9. The third-order valence-electron chi connectivity index (χ3n) is 12.6. The second-order valence-electron chi connectivity index (χ2n) is 15.7. The third-order valence-corrected chi connectivity index (χ3v) is 13.4. The number of hydrogen-bond acceptors (Lipinski definition) is 7. The smallest absolute Gasteiger partial charge is 0.220 e. The number of halogens is 2. The fourth-order valence-corrected chi connectivity index (χ4v) is 10.6. The number of benzene rings is 3. The lowest BCUT2D eigenvalue weighted by Crippen LogP contribution is -2.58. The molecule has 3 aromatic carbocycles. The normalized spacial score (nSPS) is 21.9. The topological polar surface area (TPSA) is 87.2 Å². The summed E-state index contributed by atoms with van der Waals surface area (Å²) in [4.78, 5) is 35.8. The minimum Gasteiger partial charge on any atom is -0.496 e. The Labute approximate surface area is 326 Å². The molecule has 3 aliphatic heterocycles. The number of piperazine rings is 1. The van der Waals surface area contributed by atoms with Gasteiger partial charge in [-0.25, -0.2) is 4.98 Å². The fraction of sp³-hybridized carbons (Fsp3) is 0.419. The summed E-state index contributed by atoms with van der Waals surface area (Å²) in [6.45, 7) is 7.47. The molecule has 2 unspecified atom stereocenters. The van der Waals surface area contributed by atoms with Crippen LogP contribution in [0.5, 0.6) is 11.6 Å². The highest BCUT2D eigenvalue weighted by atomic mass is 35.5. The van der Waals surface area contributed by atoms with E-state index < -0.39 is 0 Å². The molecule has 9 nitrogen and oxygen atoms in total. The maximum absolute atomic E-state index is 11.9. The lowest BCUT2D eigenvalue weighted by atomic mass is 9.77. The molecule has 3 fully saturated rings. The molecule has 0 bridgehead atoms. The average Bonchev–Trinajstić information content (AvgIpc) is 3.91. The number of ether oxygens (including phenoxy) is 2. The molecule has 0 radical (unpaired) electrons. The van der Waals surface area contributed by atoms with Gasteiger partial charge in [0.2, 0.25) is 17.7 Å². The molecule has 1 aromatic heterocycles. The molecule has 280 valence electrons. The minimum atomic E-state index is 0.0668. The SMILES string of the molecule is COc1cc(-c2cccc(-c3cccc(-c4cc5c(c(OC)n4)C(N4CC6(CNC(=O)C6)C4)CC5)c3Cl)c2Cl)cc2c1C(N1CCN(C(C)=O)CC1)CC2. The molecule has 4 aromatic rings. The molecule has 5 aliphatic rings. The summed E-state index contributed by atoms with van der Waals surface area (Å²) >= 11 is 14.6. The average molecular weight is 767 g/mol. The number of pyridine rings is 1. The first-order valence-electron chi connectivity index (χ1n) is 19.0. The fourth-order valence-electron chi connectivity index (χ4n) is 9.90. The van der Waals surface area contributed by atoms with E-state index in [1.807, 2.05) is 35.2 Å². The first kappa shape index (κ1) is 35.5. The Morgan fingerprint density at radius 3 is 2.07 bits per heavy atom. The summed E-state index contributed by atoms with van der Waals surface area (Å²) in [5.74, 6) is 1.81. The first-order chi connectivity index (χ1) is 26.2. The molecular formula is C43H45Cl2N5O4. The van der Waals surface area contributed by atoms with Gasteiger partial charge in [-0.05, 0) is 54.5 Å². The number of rotatable bonds is 7. The third kappa shape index (κ3) is 5.95. The monoisotopic (exact) mass is 765 g/mol. The van der Waals surface area contributed by atoms with Crippen LogP contribution in [0.2, 0.25) is 10.0 Å². The molecular weight excluding hydrogens is 721 g/mol. The van der Waals surface area contributed by atoms with Crippen molar-refractivity contribution in [3.63, 3.8) is 0 Å². The van der Waals surface area contributed by atoms with Crippen molar-refractivity contribution >= 4 is 35.0 Å². The van der Waals surface area contributed by atoms with Crippen LogP contribution in [0.15, 0.2) is 54.6 Å². The van der Waals surface area contributed by atoms with Gasteiger partial charge in [0.25, 0.3) is 0 Å². The molecule has 0 saturated carbocycles. The Kier molecular flexibility index (Phi) is 9.12. The Hall–Kier alpha value is -4.15. The predicted octanol–water partition coefficient (Wildman–Crippen LogP) is 7.37. The minimum absolute atomic E-state index is 0.0668. The largest absolute Gasteiger partial charge is 0.496 e. The van der Waals surface area contributed by atoms with E-state index in [0.717, 1.165) is 116 Å². The van der Waals surface area contributed by atoms with E-state index in [1.54, 1.807) is 21.1 Å². The number of nitrogens with one attached hydrogen (secondary N) is 1. The van der Waals surface area contributed by atoms with Gasteiger partial charge in [-0.3, -0.25) is 19.4 Å². The Balaban J connectivity index is 1.00. The van der Waals surface area contributed by atoms with Gasteiger partial charge < -0.3 is 19.7 Å². The molecule has 54 heavy (non-hydrogen) atoms. The Morgan fingerprint density at radius 2 is 1.44 bits per heavy atom. The van der Waals surface area contributed by atoms with Gasteiger partial charge >= 0.3 is 0 Å². The number of methoxy groups -OCH3 is 2. The molecule has 1 N–H and O–H groups in total. The van der Waals surface area contributed by atoms with Crippen molar-refractivity contribution in [1.82, 2.24) is 25.0 Å². The van der Waals surface area contributed by atoms with Gasteiger partial charge in [-0.2, -0.15) is 0 Å². The zero-order valence-electron chi connectivity index (χ0n) is 31.0. The van der Waals surface area contributed by atoms with Gasteiger partial charge in [0.05, 0.1) is 30.0 Å². The van der Waals surface area contributed by atoms with Crippen LogP contribution < -0.4 is 14.8 Å².